The number of thiazole rings is 1. The van der Waals surface area contributed by atoms with Crippen LogP contribution in [0.2, 0.25) is 0 Å². The van der Waals surface area contributed by atoms with Gasteiger partial charge in [0.2, 0.25) is 5.91 Å². The summed E-state index contributed by atoms with van der Waals surface area (Å²) in [6, 6.07) is 16.0. The molecular formula is C24H26N4O2S. The molecule has 0 N–H and O–H groups in total. The maximum absolute atomic E-state index is 13.0. The summed E-state index contributed by atoms with van der Waals surface area (Å²) in [6.45, 7) is 6.06. The van der Waals surface area contributed by atoms with Crippen LogP contribution in [0, 0.1) is 0 Å². The Bertz CT molecular complexity index is 1070. The fourth-order valence-electron chi connectivity index (χ4n) is 4.42. The van der Waals surface area contributed by atoms with Crippen LogP contribution >= 0.6 is 11.3 Å². The van der Waals surface area contributed by atoms with E-state index in [4.69, 9.17) is 4.98 Å². The highest BCUT2D eigenvalue weighted by Gasteiger charge is 2.27. The molecule has 2 fully saturated rings. The highest BCUT2D eigenvalue weighted by Crippen LogP contribution is 2.30. The molecule has 0 unspecified atom stereocenters. The molecule has 160 valence electrons. The number of anilines is 1. The first-order valence-corrected chi connectivity index (χ1v) is 11.7. The van der Waals surface area contributed by atoms with Gasteiger partial charge in [0.1, 0.15) is 5.01 Å². The van der Waals surface area contributed by atoms with E-state index >= 15 is 0 Å². The normalized spacial score (nSPS) is 18.7. The molecule has 31 heavy (non-hydrogen) atoms. The summed E-state index contributed by atoms with van der Waals surface area (Å²) in [6.07, 6.45) is 1.51. The summed E-state index contributed by atoms with van der Waals surface area (Å²) in [7, 11) is 0. The predicted molar refractivity (Wildman–Crippen MR) is 124 cm³/mol. The lowest BCUT2D eigenvalue weighted by Crippen LogP contribution is -2.49. The number of benzene rings is 2. The van der Waals surface area contributed by atoms with Gasteiger partial charge < -0.3 is 9.80 Å². The number of carbonyl (C=O) groups excluding carboxylic acids is 2. The van der Waals surface area contributed by atoms with E-state index < -0.39 is 0 Å². The van der Waals surface area contributed by atoms with Crippen molar-refractivity contribution in [2.45, 2.75) is 25.8 Å². The van der Waals surface area contributed by atoms with E-state index in [1.54, 1.807) is 16.2 Å². The number of amides is 2. The number of aromatic nitrogens is 1. The second-order valence-corrected chi connectivity index (χ2v) is 9.28. The predicted octanol–water partition coefficient (Wildman–Crippen LogP) is 3.94. The van der Waals surface area contributed by atoms with Gasteiger partial charge in [-0.3, -0.25) is 14.5 Å². The number of piperazine rings is 1. The third-order valence-electron chi connectivity index (χ3n) is 6.32. The summed E-state index contributed by atoms with van der Waals surface area (Å²) >= 11 is 1.75. The van der Waals surface area contributed by atoms with E-state index in [2.05, 4.69) is 30.0 Å². The first-order valence-electron chi connectivity index (χ1n) is 10.9. The Morgan fingerprint density at radius 1 is 1.00 bits per heavy atom. The lowest BCUT2D eigenvalue weighted by Gasteiger charge is -2.37. The molecular weight excluding hydrogens is 408 g/mol. The van der Waals surface area contributed by atoms with Crippen molar-refractivity contribution in [3.63, 3.8) is 0 Å². The van der Waals surface area contributed by atoms with E-state index in [0.29, 0.717) is 25.1 Å². The van der Waals surface area contributed by atoms with Crippen molar-refractivity contribution in [2.24, 2.45) is 0 Å². The van der Waals surface area contributed by atoms with Gasteiger partial charge in [-0.25, -0.2) is 4.98 Å². The largest absolute Gasteiger partial charge is 0.336 e. The summed E-state index contributed by atoms with van der Waals surface area (Å²) < 4.78 is 1.22. The van der Waals surface area contributed by atoms with Crippen molar-refractivity contribution in [3.05, 3.63) is 59.1 Å². The number of rotatable bonds is 4. The standard InChI is InChI=1S/C24H26N4O2S/c1-17(23-25-20-5-2-3-6-21(20)31-23)26-13-15-27(16-14-26)24(30)18-8-10-19(11-9-18)28-12-4-7-22(28)29/h2-3,5-6,8-11,17H,4,7,12-16H2,1H3/t17-/m0/s1. The third-order valence-corrected chi connectivity index (χ3v) is 7.52. The van der Waals surface area contributed by atoms with Crippen molar-refractivity contribution in [2.75, 3.05) is 37.6 Å². The molecule has 2 saturated heterocycles. The van der Waals surface area contributed by atoms with Crippen LogP contribution in [0.1, 0.15) is 41.2 Å². The molecule has 2 aliphatic heterocycles. The van der Waals surface area contributed by atoms with Gasteiger partial charge in [0.25, 0.3) is 5.91 Å². The van der Waals surface area contributed by atoms with Gasteiger partial charge in [-0.1, -0.05) is 12.1 Å². The molecule has 2 amide bonds. The van der Waals surface area contributed by atoms with Crippen molar-refractivity contribution in [1.82, 2.24) is 14.8 Å². The number of nitrogens with zero attached hydrogens (tertiary/aromatic N) is 4. The molecule has 0 radical (unpaired) electrons. The smallest absolute Gasteiger partial charge is 0.253 e. The zero-order chi connectivity index (χ0) is 21.4. The van der Waals surface area contributed by atoms with Gasteiger partial charge in [0, 0.05) is 50.4 Å². The average Bonchev–Trinajstić information content (AvgIpc) is 3.44. The molecule has 1 atom stereocenters. The molecule has 6 nitrogen and oxygen atoms in total. The van der Waals surface area contributed by atoms with Crippen LogP contribution < -0.4 is 4.90 Å². The first kappa shape index (κ1) is 20.2. The topological polar surface area (TPSA) is 56.8 Å². The van der Waals surface area contributed by atoms with Crippen LogP contribution in [0.15, 0.2) is 48.5 Å². The molecule has 3 heterocycles. The number of fused-ring (bicyclic) bond motifs is 1. The Morgan fingerprint density at radius 3 is 2.42 bits per heavy atom. The van der Waals surface area contributed by atoms with Crippen LogP contribution in [0.3, 0.4) is 0 Å². The molecule has 0 saturated carbocycles. The van der Waals surface area contributed by atoms with Gasteiger partial charge in [-0.05, 0) is 49.7 Å². The van der Waals surface area contributed by atoms with Crippen LogP contribution in [-0.2, 0) is 4.79 Å². The maximum Gasteiger partial charge on any atom is 0.253 e. The van der Waals surface area contributed by atoms with Crippen molar-refractivity contribution in [1.29, 1.82) is 0 Å². The van der Waals surface area contributed by atoms with Crippen LogP contribution in [0.25, 0.3) is 10.2 Å². The first-order chi connectivity index (χ1) is 15.1. The lowest BCUT2D eigenvalue weighted by atomic mass is 10.1. The molecule has 1 aromatic heterocycles. The second kappa shape index (κ2) is 8.40. The summed E-state index contributed by atoms with van der Waals surface area (Å²) in [5.41, 5.74) is 2.62. The molecule has 0 aliphatic carbocycles. The second-order valence-electron chi connectivity index (χ2n) is 8.22. The number of para-hydroxylation sites is 1. The average molecular weight is 435 g/mol. The van der Waals surface area contributed by atoms with Gasteiger partial charge in [0.05, 0.1) is 16.3 Å². The van der Waals surface area contributed by atoms with Crippen molar-refractivity contribution < 1.29 is 9.59 Å². The number of carbonyl (C=O) groups is 2. The minimum atomic E-state index is 0.0617. The molecule has 2 aromatic carbocycles. The van der Waals surface area contributed by atoms with E-state index in [1.165, 1.54) is 4.70 Å². The Kier molecular flexibility index (Phi) is 5.46. The Hall–Kier alpha value is -2.77. The van der Waals surface area contributed by atoms with E-state index in [-0.39, 0.29) is 17.9 Å². The number of hydrogen-bond acceptors (Lipinski definition) is 5. The molecule has 7 heteroatoms. The molecule has 0 bridgehead atoms. The molecule has 3 aromatic rings. The Balaban J connectivity index is 1.20. The van der Waals surface area contributed by atoms with E-state index in [1.807, 2.05) is 35.2 Å². The van der Waals surface area contributed by atoms with Crippen LogP contribution in [0.5, 0.6) is 0 Å². The zero-order valence-corrected chi connectivity index (χ0v) is 18.5. The molecule has 5 rings (SSSR count). The number of hydrogen-bond donors (Lipinski definition) is 0. The molecule has 0 spiro atoms. The Labute approximate surface area is 186 Å². The van der Waals surface area contributed by atoms with Crippen molar-refractivity contribution in [3.8, 4) is 0 Å². The quantitative estimate of drug-likeness (QED) is 0.624. The fourth-order valence-corrected chi connectivity index (χ4v) is 5.48. The highest BCUT2D eigenvalue weighted by atomic mass is 32.1. The summed E-state index contributed by atoms with van der Waals surface area (Å²) in [4.78, 5) is 35.8. The van der Waals surface area contributed by atoms with Gasteiger partial charge in [-0.15, -0.1) is 11.3 Å². The van der Waals surface area contributed by atoms with Gasteiger partial charge >= 0.3 is 0 Å². The SMILES string of the molecule is C[C@@H](c1nc2ccccc2s1)N1CCN(C(=O)c2ccc(N3CCCC3=O)cc2)CC1. The zero-order valence-electron chi connectivity index (χ0n) is 17.7. The lowest BCUT2D eigenvalue weighted by molar-refractivity contribution is -0.117. The van der Waals surface area contributed by atoms with E-state index in [0.717, 1.165) is 42.3 Å². The Morgan fingerprint density at radius 2 is 1.74 bits per heavy atom. The maximum atomic E-state index is 13.0. The third kappa shape index (κ3) is 3.95. The van der Waals surface area contributed by atoms with Gasteiger partial charge in [0.15, 0.2) is 0 Å². The minimum absolute atomic E-state index is 0.0617. The van der Waals surface area contributed by atoms with Crippen LogP contribution in [0.4, 0.5) is 5.69 Å². The van der Waals surface area contributed by atoms with Gasteiger partial charge in [-0.2, -0.15) is 0 Å². The fraction of sp³-hybridized carbons (Fsp3) is 0.375. The van der Waals surface area contributed by atoms with E-state index in [9.17, 15) is 9.59 Å². The van der Waals surface area contributed by atoms with Crippen LogP contribution in [-0.4, -0.2) is 59.3 Å². The molecule has 2 aliphatic rings. The summed E-state index contributed by atoms with van der Waals surface area (Å²) in [5, 5.41) is 1.13. The van der Waals surface area contributed by atoms with Crippen molar-refractivity contribution >= 4 is 39.1 Å². The summed E-state index contributed by atoms with van der Waals surface area (Å²) in [5.74, 6) is 0.226. The monoisotopic (exact) mass is 434 g/mol. The highest BCUT2D eigenvalue weighted by molar-refractivity contribution is 7.18. The minimum Gasteiger partial charge on any atom is -0.336 e.